The van der Waals surface area contributed by atoms with Gasteiger partial charge in [0.1, 0.15) is 0 Å². The van der Waals surface area contributed by atoms with E-state index in [-0.39, 0.29) is 69.9 Å². The predicted molar refractivity (Wildman–Crippen MR) is 174 cm³/mol. The number of carbonyl (C=O) groups is 1. The van der Waals surface area contributed by atoms with Gasteiger partial charge in [0.25, 0.3) is 0 Å². The number of aliphatic hydroxyl groups excluding tert-OH is 2. The molecule has 0 amide bonds. The van der Waals surface area contributed by atoms with Crippen molar-refractivity contribution in [1.29, 1.82) is 0 Å². The van der Waals surface area contributed by atoms with Crippen LogP contribution in [-0.2, 0) is 23.7 Å². The summed E-state index contributed by atoms with van der Waals surface area (Å²) < 4.78 is 24.9. The maximum atomic E-state index is 12.7. The SMILES string of the molecule is C=C(C)OC(C1CC(C)C2(C)C(O1)C(O)C1(C)C3CCC4C(C)(C)C(OC(C=O)OCCO)CCC45CC35CCC21C)C(C)(C)O. The molecule has 0 radical (unpaired) electrons. The minimum atomic E-state index is -1.13. The molecule has 5 saturated carbocycles. The van der Waals surface area contributed by atoms with Crippen LogP contribution in [-0.4, -0.2) is 77.2 Å². The van der Waals surface area contributed by atoms with Gasteiger partial charge in [-0.25, -0.2) is 0 Å². The van der Waals surface area contributed by atoms with Gasteiger partial charge in [-0.15, -0.1) is 0 Å². The fourth-order valence-electron chi connectivity index (χ4n) is 13.4. The fourth-order valence-corrected chi connectivity index (χ4v) is 13.4. The number of allylic oxidation sites excluding steroid dienone is 1. The standard InChI is InChI=1S/C38H62O8/c1-22(2)44-30(33(6,7)42)24-19-23(3)35(9)31(45-24)29(41)36(10)26-12-11-25-32(4,5)27(46-28(20-40)43-18-17-39)13-14-37(25)21-38(26,37)16-15-34(35,36)8/h20,23-31,39,41-42H,1,11-19,21H2,2-10H3. The molecule has 6 rings (SSSR count). The van der Waals surface area contributed by atoms with Crippen molar-refractivity contribution >= 4 is 6.29 Å². The number of hydrogen-bond acceptors (Lipinski definition) is 8. The van der Waals surface area contributed by atoms with Gasteiger partial charge in [0, 0.05) is 10.8 Å². The molecule has 0 aromatic heterocycles. The molecule has 1 aliphatic heterocycles. The topological polar surface area (TPSA) is 115 Å². The lowest BCUT2D eigenvalue weighted by Gasteiger charge is -2.65. The lowest BCUT2D eigenvalue weighted by atomic mass is 9.39. The fraction of sp³-hybridized carbons (Fsp3) is 0.921. The van der Waals surface area contributed by atoms with Crippen LogP contribution >= 0.6 is 0 Å². The summed E-state index contributed by atoms with van der Waals surface area (Å²) in [5.41, 5.74) is -1.51. The van der Waals surface area contributed by atoms with E-state index in [0.717, 1.165) is 38.5 Å². The first-order valence-corrected chi connectivity index (χ1v) is 18.0. The monoisotopic (exact) mass is 646 g/mol. The van der Waals surface area contributed by atoms with Crippen LogP contribution in [0.15, 0.2) is 12.3 Å². The van der Waals surface area contributed by atoms with Crippen molar-refractivity contribution in [3.05, 3.63) is 12.3 Å². The first kappa shape index (κ1) is 34.8. The highest BCUT2D eigenvalue weighted by atomic mass is 16.7. The average molecular weight is 647 g/mol. The van der Waals surface area contributed by atoms with Crippen molar-refractivity contribution in [2.45, 2.75) is 156 Å². The molecule has 2 spiro atoms. The second-order valence-corrected chi connectivity index (χ2v) is 18.2. The lowest BCUT2D eigenvalue weighted by Crippen LogP contribution is -2.62. The number of fused-ring (bicyclic) bond motifs is 4. The first-order valence-electron chi connectivity index (χ1n) is 18.0. The molecule has 8 heteroatoms. The summed E-state index contributed by atoms with van der Waals surface area (Å²) in [6.07, 6.45) is 6.05. The van der Waals surface area contributed by atoms with Gasteiger partial charge >= 0.3 is 0 Å². The van der Waals surface area contributed by atoms with Crippen LogP contribution in [0.5, 0.6) is 0 Å². The Labute approximate surface area is 277 Å². The Morgan fingerprint density at radius 3 is 2.30 bits per heavy atom. The number of carbonyl (C=O) groups excluding carboxylic acids is 1. The molecule has 46 heavy (non-hydrogen) atoms. The number of aliphatic hydroxyl groups is 3. The van der Waals surface area contributed by atoms with E-state index in [0.29, 0.717) is 23.9 Å². The number of ether oxygens (including phenoxy) is 4. The van der Waals surface area contributed by atoms with Crippen LogP contribution in [0.4, 0.5) is 0 Å². The molecule has 6 aliphatic rings. The lowest BCUT2D eigenvalue weighted by molar-refractivity contribution is -0.236. The molecule has 14 unspecified atom stereocenters. The Balaban J connectivity index is 1.30. The average Bonchev–Trinajstić information content (AvgIpc) is 3.62. The third kappa shape index (κ3) is 4.35. The zero-order valence-corrected chi connectivity index (χ0v) is 29.9. The van der Waals surface area contributed by atoms with Crippen molar-refractivity contribution in [3.63, 3.8) is 0 Å². The van der Waals surface area contributed by atoms with Crippen LogP contribution in [0.1, 0.15) is 114 Å². The number of rotatable bonds is 10. The van der Waals surface area contributed by atoms with Gasteiger partial charge in [-0.3, -0.25) is 4.79 Å². The van der Waals surface area contributed by atoms with Gasteiger partial charge in [0.05, 0.1) is 49.0 Å². The molecule has 6 fully saturated rings. The third-order valence-electron chi connectivity index (χ3n) is 15.9. The minimum absolute atomic E-state index is 0.0801. The number of hydrogen-bond donors (Lipinski definition) is 3. The quantitative estimate of drug-likeness (QED) is 0.155. The van der Waals surface area contributed by atoms with E-state index in [1.807, 2.05) is 6.92 Å². The maximum Gasteiger partial charge on any atom is 0.215 e. The summed E-state index contributed by atoms with van der Waals surface area (Å²) in [5.74, 6) is 1.68. The predicted octanol–water partition coefficient (Wildman–Crippen LogP) is 5.80. The van der Waals surface area contributed by atoms with E-state index in [9.17, 15) is 20.1 Å². The molecule has 14 atom stereocenters. The summed E-state index contributed by atoms with van der Waals surface area (Å²) in [4.78, 5) is 11.8. The zero-order valence-electron chi connectivity index (χ0n) is 29.9. The van der Waals surface area contributed by atoms with E-state index in [2.05, 4.69) is 48.1 Å². The molecule has 1 heterocycles. The van der Waals surface area contributed by atoms with E-state index in [1.54, 1.807) is 13.8 Å². The molecular formula is C38H62O8. The molecule has 0 aromatic carbocycles. The van der Waals surface area contributed by atoms with Gasteiger partial charge in [0.2, 0.25) is 6.29 Å². The van der Waals surface area contributed by atoms with Crippen LogP contribution in [0.3, 0.4) is 0 Å². The second kappa shape index (κ2) is 11.0. The van der Waals surface area contributed by atoms with E-state index in [4.69, 9.17) is 18.9 Å². The van der Waals surface area contributed by atoms with E-state index in [1.165, 1.54) is 12.8 Å². The molecule has 0 bridgehead atoms. The third-order valence-corrected chi connectivity index (χ3v) is 15.9. The van der Waals surface area contributed by atoms with Crippen molar-refractivity contribution < 1.29 is 39.1 Å². The van der Waals surface area contributed by atoms with Crippen molar-refractivity contribution in [2.24, 2.45) is 50.2 Å². The summed E-state index contributed by atoms with van der Waals surface area (Å²) in [6.45, 7) is 23.4. The normalized spacial score (nSPS) is 50.1. The highest BCUT2D eigenvalue weighted by Gasteiger charge is 2.86. The largest absolute Gasteiger partial charge is 0.490 e. The Hall–Kier alpha value is -1.03. The molecule has 3 N–H and O–H groups in total. The highest BCUT2D eigenvalue weighted by molar-refractivity contribution is 5.53. The molecular weight excluding hydrogens is 584 g/mol. The van der Waals surface area contributed by atoms with Crippen LogP contribution in [0.25, 0.3) is 0 Å². The summed E-state index contributed by atoms with van der Waals surface area (Å²) >= 11 is 0. The van der Waals surface area contributed by atoms with Gasteiger partial charge in [0.15, 0.2) is 12.4 Å². The van der Waals surface area contributed by atoms with Crippen molar-refractivity contribution in [1.82, 2.24) is 0 Å². The van der Waals surface area contributed by atoms with Gasteiger partial charge < -0.3 is 34.3 Å². The summed E-state index contributed by atoms with van der Waals surface area (Å²) in [6, 6.07) is 0. The zero-order chi connectivity index (χ0) is 33.9. The van der Waals surface area contributed by atoms with Crippen LogP contribution in [0.2, 0.25) is 0 Å². The summed E-state index contributed by atoms with van der Waals surface area (Å²) in [5, 5.41) is 33.0. The Bertz CT molecular complexity index is 1210. The minimum Gasteiger partial charge on any atom is -0.490 e. The van der Waals surface area contributed by atoms with Crippen molar-refractivity contribution in [3.8, 4) is 0 Å². The van der Waals surface area contributed by atoms with Gasteiger partial charge in [-0.2, -0.15) is 0 Å². The Kier molecular flexibility index (Phi) is 8.31. The Morgan fingerprint density at radius 1 is 1.04 bits per heavy atom. The molecule has 262 valence electrons. The first-order chi connectivity index (χ1) is 21.3. The van der Waals surface area contributed by atoms with Gasteiger partial charge in [-0.1, -0.05) is 48.1 Å². The maximum absolute atomic E-state index is 12.7. The number of aldehydes is 1. The van der Waals surface area contributed by atoms with Crippen LogP contribution in [0, 0.1) is 50.2 Å². The molecule has 1 saturated heterocycles. The molecule has 0 aromatic rings. The second-order valence-electron chi connectivity index (χ2n) is 18.2. The van der Waals surface area contributed by atoms with Gasteiger partial charge in [-0.05, 0) is 112 Å². The smallest absolute Gasteiger partial charge is 0.215 e. The molecule has 5 aliphatic carbocycles. The summed E-state index contributed by atoms with van der Waals surface area (Å²) in [7, 11) is 0. The van der Waals surface area contributed by atoms with Crippen molar-refractivity contribution in [2.75, 3.05) is 13.2 Å². The van der Waals surface area contributed by atoms with E-state index >= 15 is 0 Å². The Morgan fingerprint density at radius 2 is 1.70 bits per heavy atom. The molecule has 8 nitrogen and oxygen atoms in total. The highest BCUT2D eigenvalue weighted by Crippen LogP contribution is 2.90. The van der Waals surface area contributed by atoms with E-state index < -0.39 is 24.1 Å². The van der Waals surface area contributed by atoms with Crippen LogP contribution < -0.4 is 0 Å².